The Hall–Kier alpha value is -3.24. The molecule has 28 heavy (non-hydrogen) atoms. The van der Waals surface area contributed by atoms with Crippen LogP contribution < -0.4 is 5.73 Å². The molecule has 1 amide bonds. The number of fused-ring (bicyclic) bond motifs is 4. The van der Waals surface area contributed by atoms with E-state index in [9.17, 15) is 4.79 Å². The number of nitrogens with zero attached hydrogens (tertiary/aromatic N) is 5. The number of thiazole rings is 1. The molecule has 10 heteroatoms. The van der Waals surface area contributed by atoms with Crippen LogP contribution in [0.2, 0.25) is 0 Å². The van der Waals surface area contributed by atoms with E-state index in [1.54, 1.807) is 0 Å². The number of nitrogens with one attached hydrogen (secondary N) is 1. The summed E-state index contributed by atoms with van der Waals surface area (Å²) in [5, 5.41) is 14.9. The van der Waals surface area contributed by atoms with Gasteiger partial charge in [-0.1, -0.05) is 12.1 Å². The van der Waals surface area contributed by atoms with Gasteiger partial charge in [-0.15, -0.1) is 11.3 Å². The smallest absolute Gasteiger partial charge is 0.277 e. The van der Waals surface area contributed by atoms with Crippen LogP contribution >= 0.6 is 11.3 Å². The van der Waals surface area contributed by atoms with Crippen LogP contribution in [0.15, 0.2) is 29.5 Å². The van der Waals surface area contributed by atoms with E-state index in [4.69, 9.17) is 10.5 Å². The molecule has 0 atom stereocenters. The minimum Gasteiger partial charge on any atom is -0.364 e. The van der Waals surface area contributed by atoms with Crippen molar-refractivity contribution in [3.63, 3.8) is 0 Å². The molecule has 0 radical (unpaired) electrons. The van der Waals surface area contributed by atoms with Crippen LogP contribution in [-0.2, 0) is 24.9 Å². The number of nitrogens with two attached hydrogens (primary N) is 1. The normalized spacial score (nSPS) is 15.5. The summed E-state index contributed by atoms with van der Waals surface area (Å²) in [6.07, 6.45) is 3.64. The van der Waals surface area contributed by atoms with Gasteiger partial charge in [0.1, 0.15) is 6.73 Å². The minimum absolute atomic E-state index is 0.295. The summed E-state index contributed by atoms with van der Waals surface area (Å²) in [5.41, 5.74) is 10.1. The van der Waals surface area contributed by atoms with E-state index in [0.717, 1.165) is 38.1 Å². The van der Waals surface area contributed by atoms with Crippen molar-refractivity contribution in [2.75, 3.05) is 6.73 Å². The molecule has 1 aliphatic rings. The molecule has 4 heterocycles. The maximum atomic E-state index is 11.5. The maximum Gasteiger partial charge on any atom is 0.277 e. The van der Waals surface area contributed by atoms with Crippen molar-refractivity contribution in [1.82, 2.24) is 24.8 Å². The van der Waals surface area contributed by atoms with Gasteiger partial charge in [0.25, 0.3) is 5.91 Å². The molecule has 1 aromatic carbocycles. The third-order valence-corrected chi connectivity index (χ3v) is 5.95. The van der Waals surface area contributed by atoms with E-state index < -0.39 is 5.91 Å². The summed E-state index contributed by atoms with van der Waals surface area (Å²) < 4.78 is 8.71. The van der Waals surface area contributed by atoms with Crippen molar-refractivity contribution in [3.05, 3.63) is 46.2 Å². The Morgan fingerprint density at radius 3 is 3.18 bits per heavy atom. The van der Waals surface area contributed by atoms with Crippen LogP contribution in [0.3, 0.4) is 0 Å². The average molecular weight is 395 g/mol. The zero-order chi connectivity index (χ0) is 19.3. The molecule has 1 aliphatic heterocycles. The standard InChI is InChI=1S/C18H17N7O2S/c1-24-14-8-27-9-25(7-10-3-2-4-13-11(10)5-20-23-13)21-6-12(14)15-17(24)22-18(28-15)16(19)26/h2-6H,7-9H2,1H3,(H2,19,26)(H,20,23)/b21-6-. The molecule has 9 nitrogen and oxygen atoms in total. The van der Waals surface area contributed by atoms with E-state index in [-0.39, 0.29) is 0 Å². The average Bonchev–Trinajstić information content (AvgIpc) is 3.35. The number of ether oxygens (including phenoxy) is 1. The van der Waals surface area contributed by atoms with Crippen LogP contribution in [0.5, 0.6) is 0 Å². The van der Waals surface area contributed by atoms with Crippen LogP contribution in [0, 0.1) is 0 Å². The van der Waals surface area contributed by atoms with Gasteiger partial charge in [-0.3, -0.25) is 14.9 Å². The fourth-order valence-corrected chi connectivity index (χ4v) is 4.42. The van der Waals surface area contributed by atoms with Crippen molar-refractivity contribution in [2.45, 2.75) is 13.2 Å². The predicted molar refractivity (Wildman–Crippen MR) is 106 cm³/mol. The van der Waals surface area contributed by atoms with Crippen molar-refractivity contribution in [3.8, 4) is 0 Å². The molecular weight excluding hydrogens is 378 g/mol. The molecule has 5 rings (SSSR count). The number of benzene rings is 1. The van der Waals surface area contributed by atoms with Gasteiger partial charge in [0, 0.05) is 18.0 Å². The van der Waals surface area contributed by atoms with Crippen LogP contribution in [0.1, 0.15) is 26.6 Å². The number of aromatic nitrogens is 4. The molecule has 4 aromatic rings. The fourth-order valence-electron chi connectivity index (χ4n) is 3.44. The van der Waals surface area contributed by atoms with E-state index in [1.165, 1.54) is 11.3 Å². The van der Waals surface area contributed by atoms with Gasteiger partial charge in [-0.25, -0.2) is 4.98 Å². The van der Waals surface area contributed by atoms with E-state index in [1.807, 2.05) is 41.2 Å². The zero-order valence-electron chi connectivity index (χ0n) is 15.0. The number of hydrogen-bond acceptors (Lipinski definition) is 7. The number of aromatic amines is 1. The summed E-state index contributed by atoms with van der Waals surface area (Å²) >= 11 is 1.28. The summed E-state index contributed by atoms with van der Waals surface area (Å²) in [4.78, 5) is 15.9. The van der Waals surface area contributed by atoms with Gasteiger partial charge >= 0.3 is 0 Å². The fraction of sp³-hybridized carbons (Fsp3) is 0.222. The highest BCUT2D eigenvalue weighted by Crippen LogP contribution is 2.31. The minimum atomic E-state index is -0.524. The first kappa shape index (κ1) is 16.9. The molecule has 0 saturated heterocycles. The zero-order valence-corrected chi connectivity index (χ0v) is 15.9. The lowest BCUT2D eigenvalue weighted by Gasteiger charge is -2.21. The van der Waals surface area contributed by atoms with Crippen molar-refractivity contribution in [1.29, 1.82) is 0 Å². The first-order valence-electron chi connectivity index (χ1n) is 8.67. The monoisotopic (exact) mass is 395 g/mol. The van der Waals surface area contributed by atoms with Gasteiger partial charge in [-0.05, 0) is 11.6 Å². The van der Waals surface area contributed by atoms with Gasteiger partial charge in [0.05, 0.1) is 41.5 Å². The highest BCUT2D eigenvalue weighted by Gasteiger charge is 2.22. The SMILES string of the molecule is Cn1c2c(c3sc(C(N)=O)nc31)/C=N\N(Cc1cccc3[nH]ncc13)COC2. The topological polar surface area (TPSA) is 114 Å². The lowest BCUT2D eigenvalue weighted by Crippen LogP contribution is -2.23. The van der Waals surface area contributed by atoms with E-state index >= 15 is 0 Å². The maximum absolute atomic E-state index is 11.5. The second kappa shape index (κ2) is 6.43. The Balaban J connectivity index is 1.51. The van der Waals surface area contributed by atoms with E-state index in [2.05, 4.69) is 26.3 Å². The number of aryl methyl sites for hydroxylation is 1. The molecule has 0 fully saturated rings. The van der Waals surface area contributed by atoms with Crippen LogP contribution in [0.4, 0.5) is 0 Å². The van der Waals surface area contributed by atoms with Gasteiger partial charge in [0.15, 0.2) is 10.7 Å². The van der Waals surface area contributed by atoms with Crippen molar-refractivity contribution in [2.24, 2.45) is 17.9 Å². The predicted octanol–water partition coefficient (Wildman–Crippen LogP) is 1.93. The summed E-state index contributed by atoms with van der Waals surface area (Å²) in [6, 6.07) is 6.04. The molecule has 3 aromatic heterocycles. The molecule has 0 aliphatic carbocycles. The highest BCUT2D eigenvalue weighted by molar-refractivity contribution is 7.20. The quantitative estimate of drug-likeness (QED) is 0.550. The molecule has 0 spiro atoms. The van der Waals surface area contributed by atoms with Gasteiger partial charge in [0.2, 0.25) is 0 Å². The summed E-state index contributed by atoms with van der Waals surface area (Å²) in [5.74, 6) is -0.524. The Bertz CT molecular complexity index is 1240. The number of H-pyrrole nitrogens is 1. The van der Waals surface area contributed by atoms with E-state index in [0.29, 0.717) is 24.9 Å². The lowest BCUT2D eigenvalue weighted by molar-refractivity contribution is 0.0125. The molecule has 0 saturated carbocycles. The summed E-state index contributed by atoms with van der Waals surface area (Å²) in [6.45, 7) is 1.39. The van der Waals surface area contributed by atoms with Crippen molar-refractivity contribution >= 4 is 44.7 Å². The largest absolute Gasteiger partial charge is 0.364 e. The number of hydrazone groups is 1. The van der Waals surface area contributed by atoms with Crippen LogP contribution in [-0.4, -0.2) is 43.6 Å². The molecular formula is C18H17N7O2S. The molecule has 3 N–H and O–H groups in total. The third-order valence-electron chi connectivity index (χ3n) is 4.86. The molecule has 0 unspecified atom stereocenters. The second-order valence-corrected chi connectivity index (χ2v) is 7.59. The number of carbonyl (C=O) groups is 1. The number of hydrogen-bond donors (Lipinski definition) is 2. The Kier molecular flexibility index (Phi) is 3.88. The summed E-state index contributed by atoms with van der Waals surface area (Å²) in [7, 11) is 1.90. The second-order valence-electron chi connectivity index (χ2n) is 6.59. The molecule has 142 valence electrons. The van der Waals surface area contributed by atoms with Crippen molar-refractivity contribution < 1.29 is 9.53 Å². The first-order chi connectivity index (χ1) is 13.6. The number of amides is 1. The highest BCUT2D eigenvalue weighted by atomic mass is 32.1. The van der Waals surface area contributed by atoms with Gasteiger partial charge in [-0.2, -0.15) is 10.2 Å². The number of rotatable bonds is 3. The first-order valence-corrected chi connectivity index (χ1v) is 9.49. The number of carbonyl (C=O) groups excluding carboxylic acids is 1. The third kappa shape index (κ3) is 2.65. The lowest BCUT2D eigenvalue weighted by atomic mass is 10.1. The Morgan fingerprint density at radius 2 is 2.32 bits per heavy atom. The van der Waals surface area contributed by atoms with Crippen LogP contribution in [0.25, 0.3) is 21.3 Å². The number of primary amides is 1. The molecule has 0 bridgehead atoms. The Labute approximate surface area is 163 Å². The van der Waals surface area contributed by atoms with Gasteiger partial charge < -0.3 is 15.0 Å². The Morgan fingerprint density at radius 1 is 1.43 bits per heavy atom.